The van der Waals surface area contributed by atoms with Crippen molar-refractivity contribution >= 4 is 22.8 Å². The first-order valence-corrected chi connectivity index (χ1v) is 6.98. The second-order valence-corrected chi connectivity index (χ2v) is 5.46. The standard InChI is InChI=1S/C14H14N4O4/c19-17(20)11-5-6-12(14(8-11)18(21)22)15-16-13-7-9-1-3-10(13)4-2-9/h1,3,5-6,8-10,15H,2,4,7H2/b16-13+/t9-,10-/m0/s1. The maximum absolute atomic E-state index is 11.1. The number of hydrogen-bond acceptors (Lipinski definition) is 6. The zero-order chi connectivity index (χ0) is 15.7. The third-order valence-electron chi connectivity index (χ3n) is 4.07. The lowest BCUT2D eigenvalue weighted by Crippen LogP contribution is -2.28. The van der Waals surface area contributed by atoms with Crippen LogP contribution < -0.4 is 5.43 Å². The van der Waals surface area contributed by atoms with Gasteiger partial charge in [-0.2, -0.15) is 5.10 Å². The fraction of sp³-hybridized carbons (Fsp3) is 0.357. The summed E-state index contributed by atoms with van der Waals surface area (Å²) in [6.45, 7) is 0. The van der Waals surface area contributed by atoms with Gasteiger partial charge in [0.15, 0.2) is 0 Å². The van der Waals surface area contributed by atoms with Crippen molar-refractivity contribution in [1.29, 1.82) is 0 Å². The van der Waals surface area contributed by atoms with Gasteiger partial charge in [0.25, 0.3) is 5.69 Å². The van der Waals surface area contributed by atoms with Gasteiger partial charge in [-0.25, -0.2) is 0 Å². The number of benzene rings is 1. The number of fused-ring (bicyclic) bond motifs is 2. The first kappa shape index (κ1) is 14.2. The van der Waals surface area contributed by atoms with Crippen LogP contribution in [0.4, 0.5) is 17.1 Å². The summed E-state index contributed by atoms with van der Waals surface area (Å²) in [5, 5.41) is 26.1. The summed E-state index contributed by atoms with van der Waals surface area (Å²) in [6.07, 6.45) is 7.38. The Morgan fingerprint density at radius 1 is 1.14 bits per heavy atom. The van der Waals surface area contributed by atoms with Crippen molar-refractivity contribution in [3.8, 4) is 0 Å². The number of nitrogens with zero attached hydrogens (tertiary/aromatic N) is 3. The van der Waals surface area contributed by atoms with Gasteiger partial charge in [-0.1, -0.05) is 12.2 Å². The van der Waals surface area contributed by atoms with Crippen molar-refractivity contribution < 1.29 is 9.85 Å². The third-order valence-corrected chi connectivity index (χ3v) is 4.07. The van der Waals surface area contributed by atoms with Gasteiger partial charge in [0.05, 0.1) is 15.9 Å². The van der Waals surface area contributed by atoms with Crippen LogP contribution in [0.25, 0.3) is 0 Å². The van der Waals surface area contributed by atoms with Crippen LogP contribution in [0.1, 0.15) is 19.3 Å². The van der Waals surface area contributed by atoms with Gasteiger partial charge in [-0.05, 0) is 31.2 Å². The predicted molar refractivity (Wildman–Crippen MR) is 80.8 cm³/mol. The van der Waals surface area contributed by atoms with Crippen LogP contribution in [0.15, 0.2) is 35.5 Å². The number of non-ortho nitro benzene ring substituents is 1. The van der Waals surface area contributed by atoms with Crippen molar-refractivity contribution in [2.45, 2.75) is 19.3 Å². The SMILES string of the molecule is O=[N+]([O-])c1ccc(N/N=C2\C[C@H]3C=C[C@H]2CC3)c([N+](=O)[O-])c1. The summed E-state index contributed by atoms with van der Waals surface area (Å²) in [5.41, 5.74) is 3.18. The molecule has 4 rings (SSSR count). The fourth-order valence-electron chi connectivity index (χ4n) is 2.88. The molecule has 2 atom stereocenters. The molecule has 0 aromatic heterocycles. The molecule has 3 aliphatic carbocycles. The minimum atomic E-state index is -0.659. The summed E-state index contributed by atoms with van der Waals surface area (Å²) in [5.74, 6) is 0.784. The Kier molecular flexibility index (Phi) is 3.58. The molecule has 0 unspecified atom stereocenters. The Morgan fingerprint density at radius 2 is 1.95 bits per heavy atom. The lowest BCUT2D eigenvalue weighted by Gasteiger charge is -2.31. The number of anilines is 1. The smallest absolute Gasteiger partial charge is 0.272 e. The lowest BCUT2D eigenvalue weighted by atomic mass is 9.75. The predicted octanol–water partition coefficient (Wildman–Crippen LogP) is 3.26. The van der Waals surface area contributed by atoms with E-state index in [1.807, 2.05) is 0 Å². The highest BCUT2D eigenvalue weighted by Gasteiger charge is 2.28. The van der Waals surface area contributed by atoms with Gasteiger partial charge in [-0.3, -0.25) is 25.7 Å². The Balaban J connectivity index is 1.85. The number of nitro groups is 2. The fourth-order valence-corrected chi connectivity index (χ4v) is 2.88. The van der Waals surface area contributed by atoms with E-state index in [1.54, 1.807) is 0 Å². The van der Waals surface area contributed by atoms with Gasteiger partial charge in [0.1, 0.15) is 5.69 Å². The Hall–Kier alpha value is -2.77. The quantitative estimate of drug-likeness (QED) is 0.521. The molecule has 2 bridgehead atoms. The zero-order valence-electron chi connectivity index (χ0n) is 11.6. The van der Waals surface area contributed by atoms with Gasteiger partial charge in [-0.15, -0.1) is 0 Å². The summed E-state index contributed by atoms with van der Waals surface area (Å²) < 4.78 is 0. The molecule has 0 amide bonds. The van der Waals surface area contributed by atoms with E-state index >= 15 is 0 Å². The van der Waals surface area contributed by atoms with E-state index in [-0.39, 0.29) is 23.0 Å². The number of hydrogen-bond donors (Lipinski definition) is 1. The second kappa shape index (κ2) is 5.55. The average molecular weight is 302 g/mol. The molecule has 1 N–H and O–H groups in total. The highest BCUT2D eigenvalue weighted by Crippen LogP contribution is 2.35. The molecular weight excluding hydrogens is 288 g/mol. The van der Waals surface area contributed by atoms with E-state index in [0.717, 1.165) is 31.0 Å². The highest BCUT2D eigenvalue weighted by molar-refractivity contribution is 5.91. The van der Waals surface area contributed by atoms with Crippen LogP contribution in [0, 0.1) is 32.1 Å². The third kappa shape index (κ3) is 2.67. The first-order chi connectivity index (χ1) is 10.5. The number of allylic oxidation sites excluding steroid dienone is 2. The summed E-state index contributed by atoms with van der Waals surface area (Å²) in [7, 11) is 0. The van der Waals surface area contributed by atoms with E-state index in [9.17, 15) is 20.2 Å². The van der Waals surface area contributed by atoms with Crippen LogP contribution in [-0.2, 0) is 0 Å². The molecule has 1 saturated carbocycles. The van der Waals surface area contributed by atoms with Gasteiger partial charge >= 0.3 is 5.69 Å². The molecule has 0 heterocycles. The minimum absolute atomic E-state index is 0.161. The van der Waals surface area contributed by atoms with E-state index in [2.05, 4.69) is 22.7 Å². The molecule has 1 aromatic carbocycles. The van der Waals surface area contributed by atoms with E-state index in [1.165, 1.54) is 12.1 Å². The molecule has 0 spiro atoms. The second-order valence-electron chi connectivity index (χ2n) is 5.46. The monoisotopic (exact) mass is 302 g/mol. The van der Waals surface area contributed by atoms with Crippen LogP contribution >= 0.6 is 0 Å². The maximum Gasteiger partial charge on any atom is 0.301 e. The number of hydrazone groups is 1. The normalized spacial score (nSPS) is 24.5. The van der Waals surface area contributed by atoms with Crippen LogP contribution in [0.3, 0.4) is 0 Å². The molecule has 3 aliphatic rings. The molecule has 0 radical (unpaired) electrons. The average Bonchev–Trinajstić information content (AvgIpc) is 2.53. The Labute approximate surface area is 125 Å². The van der Waals surface area contributed by atoms with Crippen molar-refractivity contribution in [2.75, 3.05) is 5.43 Å². The molecule has 8 heteroatoms. The molecule has 1 aromatic rings. The van der Waals surface area contributed by atoms with Crippen molar-refractivity contribution in [2.24, 2.45) is 16.9 Å². The van der Waals surface area contributed by atoms with E-state index in [4.69, 9.17) is 0 Å². The molecule has 1 fully saturated rings. The van der Waals surface area contributed by atoms with E-state index in [0.29, 0.717) is 5.92 Å². The topological polar surface area (TPSA) is 111 Å². The summed E-state index contributed by atoms with van der Waals surface area (Å²) in [4.78, 5) is 20.5. The van der Waals surface area contributed by atoms with Crippen LogP contribution in [0.5, 0.6) is 0 Å². The van der Waals surface area contributed by atoms with Gasteiger partial charge < -0.3 is 0 Å². The lowest BCUT2D eigenvalue weighted by molar-refractivity contribution is -0.393. The molecule has 114 valence electrons. The Bertz CT molecular complexity index is 698. The largest absolute Gasteiger partial charge is 0.301 e. The van der Waals surface area contributed by atoms with Crippen molar-refractivity contribution in [3.63, 3.8) is 0 Å². The van der Waals surface area contributed by atoms with E-state index < -0.39 is 9.85 Å². The highest BCUT2D eigenvalue weighted by atomic mass is 16.6. The molecular formula is C14H14N4O4. The van der Waals surface area contributed by atoms with Gasteiger partial charge in [0, 0.05) is 17.7 Å². The Morgan fingerprint density at radius 3 is 2.50 bits per heavy atom. The number of nitrogens with one attached hydrogen (secondary N) is 1. The summed E-state index contributed by atoms with van der Waals surface area (Å²) in [6, 6.07) is 3.48. The van der Waals surface area contributed by atoms with Gasteiger partial charge in [0.2, 0.25) is 0 Å². The zero-order valence-corrected chi connectivity index (χ0v) is 11.6. The molecule has 0 saturated heterocycles. The van der Waals surface area contributed by atoms with Crippen molar-refractivity contribution in [3.05, 3.63) is 50.6 Å². The minimum Gasteiger partial charge on any atom is -0.272 e. The number of nitro benzene ring substituents is 2. The van der Waals surface area contributed by atoms with Crippen LogP contribution in [-0.4, -0.2) is 15.6 Å². The van der Waals surface area contributed by atoms with Crippen molar-refractivity contribution in [1.82, 2.24) is 0 Å². The molecule has 8 nitrogen and oxygen atoms in total. The first-order valence-electron chi connectivity index (χ1n) is 6.98. The van der Waals surface area contributed by atoms with Crippen LogP contribution in [0.2, 0.25) is 0 Å². The maximum atomic E-state index is 11.1. The number of rotatable bonds is 4. The summed E-state index contributed by atoms with van der Waals surface area (Å²) >= 11 is 0. The molecule has 0 aliphatic heterocycles. The molecule has 22 heavy (non-hydrogen) atoms.